The number of benzene rings is 1. The first-order valence-corrected chi connectivity index (χ1v) is 7.41. The summed E-state index contributed by atoms with van der Waals surface area (Å²) in [6.45, 7) is 9.09. The summed E-state index contributed by atoms with van der Waals surface area (Å²) in [5, 5.41) is 0. The predicted molar refractivity (Wildman–Crippen MR) is 82.7 cm³/mol. The Kier molecular flexibility index (Phi) is 4.66. The normalized spacial score (nSPS) is 22.7. The minimum atomic E-state index is -0.166. The van der Waals surface area contributed by atoms with Gasteiger partial charge in [0.1, 0.15) is 5.82 Å². The van der Waals surface area contributed by atoms with Crippen LogP contribution in [0.3, 0.4) is 0 Å². The Morgan fingerprint density at radius 1 is 1.35 bits per heavy atom. The molecule has 3 nitrogen and oxygen atoms in total. The van der Waals surface area contributed by atoms with Crippen molar-refractivity contribution in [2.45, 2.75) is 39.3 Å². The fourth-order valence-electron chi connectivity index (χ4n) is 3.03. The summed E-state index contributed by atoms with van der Waals surface area (Å²) < 4.78 is 13.8. The number of anilines is 1. The third-order valence-corrected chi connectivity index (χ3v) is 4.15. The van der Waals surface area contributed by atoms with Gasteiger partial charge in [0.15, 0.2) is 0 Å². The maximum absolute atomic E-state index is 13.8. The lowest BCUT2D eigenvalue weighted by Crippen LogP contribution is -2.38. The molecule has 1 aromatic carbocycles. The number of hydrogen-bond donors (Lipinski definition) is 1. The third kappa shape index (κ3) is 3.13. The van der Waals surface area contributed by atoms with Crippen LogP contribution in [0, 0.1) is 12.7 Å². The molecule has 2 rings (SSSR count). The molecule has 0 bridgehead atoms. The fraction of sp³-hybridized carbons (Fsp3) is 0.625. The van der Waals surface area contributed by atoms with Crippen LogP contribution in [0.4, 0.5) is 10.1 Å². The smallest absolute Gasteiger partial charge is 0.126 e. The van der Waals surface area contributed by atoms with E-state index in [0.29, 0.717) is 11.6 Å². The van der Waals surface area contributed by atoms with Gasteiger partial charge >= 0.3 is 0 Å². The highest BCUT2D eigenvalue weighted by atomic mass is 19.1. The lowest BCUT2D eigenvalue weighted by Gasteiger charge is -2.33. The van der Waals surface area contributed by atoms with E-state index in [2.05, 4.69) is 23.8 Å². The first kappa shape index (κ1) is 15.3. The zero-order valence-corrected chi connectivity index (χ0v) is 13.0. The SMILES string of the molecule is Cc1cc(N2CCCN(C)CC2C)c([C@@H](C)N)cc1F. The van der Waals surface area contributed by atoms with E-state index in [1.165, 1.54) is 0 Å². The molecular formula is C16H26FN3. The molecule has 4 heteroatoms. The van der Waals surface area contributed by atoms with Gasteiger partial charge in [0.2, 0.25) is 0 Å². The zero-order chi connectivity index (χ0) is 14.9. The van der Waals surface area contributed by atoms with Crippen molar-refractivity contribution in [3.63, 3.8) is 0 Å². The monoisotopic (exact) mass is 279 g/mol. The molecule has 1 heterocycles. The Morgan fingerprint density at radius 2 is 2.05 bits per heavy atom. The topological polar surface area (TPSA) is 32.5 Å². The highest BCUT2D eigenvalue weighted by Crippen LogP contribution is 2.30. The average molecular weight is 279 g/mol. The van der Waals surface area contributed by atoms with Gasteiger partial charge in [-0.25, -0.2) is 4.39 Å². The summed E-state index contributed by atoms with van der Waals surface area (Å²) in [7, 11) is 2.16. The van der Waals surface area contributed by atoms with Crippen molar-refractivity contribution in [3.8, 4) is 0 Å². The van der Waals surface area contributed by atoms with Gasteiger partial charge in [0.05, 0.1) is 0 Å². The van der Waals surface area contributed by atoms with E-state index in [0.717, 1.165) is 37.3 Å². The van der Waals surface area contributed by atoms with Crippen molar-refractivity contribution in [2.24, 2.45) is 5.73 Å². The molecule has 1 aromatic rings. The minimum Gasteiger partial charge on any atom is -0.367 e. The van der Waals surface area contributed by atoms with Crippen molar-refractivity contribution < 1.29 is 4.39 Å². The summed E-state index contributed by atoms with van der Waals surface area (Å²) in [4.78, 5) is 4.74. The lowest BCUT2D eigenvalue weighted by molar-refractivity contribution is 0.337. The number of nitrogens with two attached hydrogens (primary N) is 1. The van der Waals surface area contributed by atoms with Crippen LogP contribution in [0.1, 0.15) is 37.4 Å². The first-order valence-electron chi connectivity index (χ1n) is 7.41. The Balaban J connectivity index is 2.42. The number of aryl methyl sites for hydroxylation is 1. The maximum Gasteiger partial charge on any atom is 0.126 e. The van der Waals surface area contributed by atoms with Crippen LogP contribution in [0.15, 0.2) is 12.1 Å². The van der Waals surface area contributed by atoms with E-state index in [-0.39, 0.29) is 11.9 Å². The molecule has 112 valence electrons. The third-order valence-electron chi connectivity index (χ3n) is 4.15. The molecule has 20 heavy (non-hydrogen) atoms. The molecule has 1 unspecified atom stereocenters. The maximum atomic E-state index is 13.8. The van der Waals surface area contributed by atoms with Gasteiger partial charge in [-0.3, -0.25) is 0 Å². The van der Waals surface area contributed by atoms with Crippen LogP contribution in [0.2, 0.25) is 0 Å². The van der Waals surface area contributed by atoms with E-state index < -0.39 is 0 Å². The Bertz CT molecular complexity index is 473. The number of rotatable bonds is 2. The van der Waals surface area contributed by atoms with Crippen molar-refractivity contribution in [2.75, 3.05) is 31.6 Å². The van der Waals surface area contributed by atoms with Gasteiger partial charge in [-0.05, 0) is 64.0 Å². The molecule has 1 aliphatic rings. The summed E-state index contributed by atoms with van der Waals surface area (Å²) >= 11 is 0. The summed E-state index contributed by atoms with van der Waals surface area (Å²) in [6, 6.07) is 3.81. The average Bonchev–Trinajstić information content (AvgIpc) is 2.52. The van der Waals surface area contributed by atoms with Crippen LogP contribution in [-0.2, 0) is 0 Å². The van der Waals surface area contributed by atoms with Crippen LogP contribution < -0.4 is 10.6 Å². The van der Waals surface area contributed by atoms with Crippen LogP contribution >= 0.6 is 0 Å². The van der Waals surface area contributed by atoms with Gasteiger partial charge in [-0.15, -0.1) is 0 Å². The molecule has 1 fully saturated rings. The Morgan fingerprint density at radius 3 is 2.70 bits per heavy atom. The molecule has 0 spiro atoms. The highest BCUT2D eigenvalue weighted by molar-refractivity contribution is 5.58. The van der Waals surface area contributed by atoms with Crippen LogP contribution in [0.5, 0.6) is 0 Å². The predicted octanol–water partition coefficient (Wildman–Crippen LogP) is 2.68. The second-order valence-corrected chi connectivity index (χ2v) is 6.11. The molecule has 0 amide bonds. The second-order valence-electron chi connectivity index (χ2n) is 6.11. The molecule has 0 aromatic heterocycles. The van der Waals surface area contributed by atoms with Gasteiger partial charge in [-0.2, -0.15) is 0 Å². The summed E-state index contributed by atoms with van der Waals surface area (Å²) in [6.07, 6.45) is 1.12. The van der Waals surface area contributed by atoms with Crippen LogP contribution in [0.25, 0.3) is 0 Å². The Hall–Kier alpha value is -1.13. The fourth-order valence-corrected chi connectivity index (χ4v) is 3.03. The van der Waals surface area contributed by atoms with E-state index in [9.17, 15) is 4.39 Å². The van der Waals surface area contributed by atoms with E-state index in [1.54, 1.807) is 6.07 Å². The van der Waals surface area contributed by atoms with E-state index in [4.69, 9.17) is 5.73 Å². The summed E-state index contributed by atoms with van der Waals surface area (Å²) in [5.41, 5.74) is 8.74. The van der Waals surface area contributed by atoms with Crippen molar-refractivity contribution in [1.82, 2.24) is 4.90 Å². The minimum absolute atomic E-state index is 0.159. The summed E-state index contributed by atoms with van der Waals surface area (Å²) in [5.74, 6) is -0.166. The van der Waals surface area contributed by atoms with E-state index >= 15 is 0 Å². The van der Waals surface area contributed by atoms with Crippen molar-refractivity contribution in [1.29, 1.82) is 0 Å². The van der Waals surface area contributed by atoms with Gasteiger partial charge < -0.3 is 15.5 Å². The number of hydrogen-bond acceptors (Lipinski definition) is 3. The Labute approximate surface area is 121 Å². The van der Waals surface area contributed by atoms with Gasteiger partial charge in [-0.1, -0.05) is 0 Å². The quantitative estimate of drug-likeness (QED) is 0.903. The van der Waals surface area contributed by atoms with E-state index in [1.807, 2.05) is 19.9 Å². The molecular weight excluding hydrogens is 253 g/mol. The van der Waals surface area contributed by atoms with Crippen molar-refractivity contribution in [3.05, 3.63) is 29.1 Å². The second kappa shape index (κ2) is 6.10. The molecule has 0 aliphatic carbocycles. The van der Waals surface area contributed by atoms with Crippen LogP contribution in [-0.4, -0.2) is 37.6 Å². The number of halogens is 1. The zero-order valence-electron chi connectivity index (χ0n) is 13.0. The lowest BCUT2D eigenvalue weighted by atomic mass is 10.0. The first-order chi connectivity index (χ1) is 9.40. The molecule has 1 saturated heterocycles. The molecule has 1 aliphatic heterocycles. The highest BCUT2D eigenvalue weighted by Gasteiger charge is 2.23. The molecule has 0 saturated carbocycles. The standard InChI is InChI=1S/C16H26FN3/c1-11-8-16(14(13(3)18)9-15(11)17)20-7-5-6-19(4)10-12(20)2/h8-9,12-13H,5-7,10,18H2,1-4H3/t12?,13-/m1/s1. The van der Waals surface area contributed by atoms with Gasteiger partial charge in [0.25, 0.3) is 0 Å². The van der Waals surface area contributed by atoms with Crippen molar-refractivity contribution >= 4 is 5.69 Å². The van der Waals surface area contributed by atoms with Gasteiger partial charge in [0, 0.05) is 30.9 Å². The number of likely N-dealkylation sites (N-methyl/N-ethyl adjacent to an activating group) is 1. The molecule has 2 N–H and O–H groups in total. The molecule has 2 atom stereocenters. The number of nitrogens with zero attached hydrogens (tertiary/aromatic N) is 2. The molecule has 0 radical (unpaired) electrons. The largest absolute Gasteiger partial charge is 0.367 e.